The van der Waals surface area contributed by atoms with Gasteiger partial charge in [-0.15, -0.1) is 5.10 Å². The Morgan fingerprint density at radius 3 is 2.64 bits per heavy atom. The molecular formula is C33H38F3N7O3S. The second kappa shape index (κ2) is 14.6. The average molecular weight is 670 g/mol. The minimum Gasteiger partial charge on any atom is -0.481 e. The molecule has 0 aliphatic carbocycles. The number of hydrogen-bond acceptors (Lipinski definition) is 9. The monoisotopic (exact) mass is 669 g/mol. The summed E-state index contributed by atoms with van der Waals surface area (Å²) in [7, 11) is 0. The van der Waals surface area contributed by atoms with Gasteiger partial charge in [0.15, 0.2) is 11.6 Å². The van der Waals surface area contributed by atoms with E-state index in [9.17, 15) is 23.1 Å². The van der Waals surface area contributed by atoms with Crippen molar-refractivity contribution in [2.75, 3.05) is 29.3 Å². The first-order valence-corrected chi connectivity index (χ1v) is 16.3. The van der Waals surface area contributed by atoms with Crippen LogP contribution < -0.4 is 14.4 Å². The van der Waals surface area contributed by atoms with Crippen LogP contribution in [-0.4, -0.2) is 61.7 Å². The van der Waals surface area contributed by atoms with Crippen molar-refractivity contribution < 1.29 is 27.8 Å². The van der Waals surface area contributed by atoms with Crippen molar-refractivity contribution in [3.8, 4) is 23.0 Å². The zero-order valence-electron chi connectivity index (χ0n) is 26.5. The maximum atomic E-state index is 13.4. The van der Waals surface area contributed by atoms with E-state index < -0.39 is 30.1 Å². The topological polar surface area (TPSA) is 118 Å². The van der Waals surface area contributed by atoms with E-state index >= 15 is 0 Å². The van der Waals surface area contributed by atoms with Gasteiger partial charge in [-0.3, -0.25) is 4.79 Å². The SMILES string of the molecule is CC(CN1CCCCCCc2ccccc2-c2nc(cnc2-n2ccc(OCC(C)(C)C(F)(F)F)n2)NSc2cccc1n2)C(=O)O. The third-order valence-corrected chi connectivity index (χ3v) is 8.74. The Hall–Kier alpha value is -4.33. The van der Waals surface area contributed by atoms with E-state index in [0.717, 1.165) is 57.1 Å². The molecule has 0 saturated carbocycles. The summed E-state index contributed by atoms with van der Waals surface area (Å²) in [5.74, 6) is 0.226. The summed E-state index contributed by atoms with van der Waals surface area (Å²) in [6, 6.07) is 15.1. The van der Waals surface area contributed by atoms with Crippen LogP contribution in [0.1, 0.15) is 52.0 Å². The first-order chi connectivity index (χ1) is 22.4. The number of aryl methyl sites for hydroxylation is 1. The molecule has 10 nitrogen and oxygen atoms in total. The molecule has 1 aromatic carbocycles. The molecule has 0 amide bonds. The van der Waals surface area contributed by atoms with Gasteiger partial charge >= 0.3 is 12.1 Å². The Balaban J connectivity index is 1.47. The molecule has 0 spiro atoms. The van der Waals surface area contributed by atoms with Gasteiger partial charge in [-0.05, 0) is 50.8 Å². The Kier molecular flexibility index (Phi) is 10.6. The minimum absolute atomic E-state index is 0.0457. The predicted octanol–water partition coefficient (Wildman–Crippen LogP) is 7.45. The van der Waals surface area contributed by atoms with Crippen LogP contribution in [0, 0.1) is 11.3 Å². The van der Waals surface area contributed by atoms with E-state index in [1.165, 1.54) is 22.7 Å². The molecule has 0 radical (unpaired) electrons. The van der Waals surface area contributed by atoms with E-state index in [0.29, 0.717) is 41.3 Å². The number of nitrogens with one attached hydrogen (secondary N) is 1. The van der Waals surface area contributed by atoms with Crippen molar-refractivity contribution in [1.29, 1.82) is 0 Å². The number of carbonyl (C=O) groups is 1. The number of halogens is 3. The highest BCUT2D eigenvalue weighted by Crippen LogP contribution is 2.38. The smallest absolute Gasteiger partial charge is 0.397 e. The van der Waals surface area contributed by atoms with Crippen molar-refractivity contribution in [1.82, 2.24) is 24.7 Å². The number of carboxylic acid groups (broad SMARTS) is 1. The molecule has 4 heterocycles. The van der Waals surface area contributed by atoms with Gasteiger partial charge in [0.1, 0.15) is 23.1 Å². The van der Waals surface area contributed by atoms with Gasteiger partial charge in [0.25, 0.3) is 0 Å². The summed E-state index contributed by atoms with van der Waals surface area (Å²) in [5, 5.41) is 14.6. The molecule has 1 unspecified atom stereocenters. The lowest BCUT2D eigenvalue weighted by molar-refractivity contribution is -0.219. The number of aromatic nitrogens is 5. The fraction of sp³-hybridized carbons (Fsp3) is 0.424. The number of fused-ring (bicyclic) bond motifs is 6. The lowest BCUT2D eigenvalue weighted by atomic mass is 9.94. The van der Waals surface area contributed by atoms with E-state index in [-0.39, 0.29) is 5.88 Å². The molecule has 4 aromatic rings. The van der Waals surface area contributed by atoms with Crippen molar-refractivity contribution in [2.45, 2.75) is 64.1 Å². The maximum absolute atomic E-state index is 13.4. The molecule has 1 atom stereocenters. The molecule has 0 saturated heterocycles. The van der Waals surface area contributed by atoms with E-state index in [1.54, 1.807) is 19.3 Å². The third-order valence-electron chi connectivity index (χ3n) is 7.99. The fourth-order valence-electron chi connectivity index (χ4n) is 5.01. The number of ether oxygens (including phenoxy) is 1. The van der Waals surface area contributed by atoms with Crippen LogP contribution in [0.2, 0.25) is 0 Å². The number of rotatable bonds is 7. The van der Waals surface area contributed by atoms with E-state index in [2.05, 4.69) is 20.9 Å². The van der Waals surface area contributed by atoms with Crippen molar-refractivity contribution in [3.63, 3.8) is 0 Å². The quantitative estimate of drug-likeness (QED) is 0.192. The molecule has 3 aromatic heterocycles. The van der Waals surface area contributed by atoms with Gasteiger partial charge in [0.05, 0.1) is 17.5 Å². The highest BCUT2D eigenvalue weighted by molar-refractivity contribution is 8.00. The summed E-state index contributed by atoms with van der Waals surface area (Å²) in [5.41, 5.74) is 0.460. The first kappa shape index (κ1) is 34.0. The van der Waals surface area contributed by atoms with Crippen LogP contribution in [0.25, 0.3) is 17.1 Å². The Labute approximate surface area is 275 Å². The van der Waals surface area contributed by atoms with E-state index in [4.69, 9.17) is 14.7 Å². The molecule has 2 N–H and O–H groups in total. The Bertz CT molecular complexity index is 1680. The van der Waals surface area contributed by atoms with Crippen LogP contribution in [0.4, 0.5) is 24.8 Å². The lowest BCUT2D eigenvalue weighted by Crippen LogP contribution is -2.37. The minimum atomic E-state index is -4.42. The molecule has 47 heavy (non-hydrogen) atoms. The summed E-state index contributed by atoms with van der Waals surface area (Å²) in [6.07, 6.45) is 3.30. The van der Waals surface area contributed by atoms with Crippen LogP contribution >= 0.6 is 11.9 Å². The Morgan fingerprint density at radius 2 is 1.85 bits per heavy atom. The lowest BCUT2D eigenvalue weighted by Gasteiger charge is -2.26. The maximum Gasteiger partial charge on any atom is 0.397 e. The van der Waals surface area contributed by atoms with Gasteiger partial charge in [0.2, 0.25) is 5.88 Å². The summed E-state index contributed by atoms with van der Waals surface area (Å²) in [6.45, 7) is 4.34. The number of hydrogen-bond donors (Lipinski definition) is 2. The highest BCUT2D eigenvalue weighted by atomic mass is 32.2. The van der Waals surface area contributed by atoms with Crippen molar-refractivity contribution >= 4 is 29.6 Å². The Morgan fingerprint density at radius 1 is 1.06 bits per heavy atom. The zero-order chi connectivity index (χ0) is 33.6. The molecule has 250 valence electrons. The van der Waals surface area contributed by atoms with Crippen molar-refractivity contribution in [3.05, 3.63) is 66.5 Å². The number of aliphatic carboxylic acids is 1. The zero-order valence-corrected chi connectivity index (χ0v) is 27.3. The van der Waals surface area contributed by atoms with Crippen molar-refractivity contribution in [2.24, 2.45) is 11.3 Å². The van der Waals surface area contributed by atoms with Gasteiger partial charge in [0, 0.05) is 42.9 Å². The van der Waals surface area contributed by atoms with Gasteiger partial charge in [-0.25, -0.2) is 19.6 Å². The number of carboxylic acids is 1. The summed E-state index contributed by atoms with van der Waals surface area (Å²) < 4.78 is 50.3. The van der Waals surface area contributed by atoms with Crippen LogP contribution in [0.15, 0.2) is 66.0 Å². The van der Waals surface area contributed by atoms with Crippen LogP contribution in [0.3, 0.4) is 0 Å². The first-order valence-electron chi connectivity index (χ1n) is 15.5. The number of nitrogens with zero attached hydrogens (tertiary/aromatic N) is 6. The molecular weight excluding hydrogens is 631 g/mol. The molecule has 1 aliphatic heterocycles. The van der Waals surface area contributed by atoms with Gasteiger partial charge < -0.3 is 19.5 Å². The standard InChI is InChI=1S/C33H38F3N7O3S/c1-22(31(44)45)20-42-17-9-5-4-6-11-23-12-7-8-13-24(23)29-30(37-19-25(38-29)41-47-28-15-10-14-26(42)39-28)43-18-16-27(40-43)46-21-32(2,3)33(34,35)36/h7-8,10,12-16,18-19,22H,4-6,9,11,17,20-21H2,1-3H3,(H,38,41)(H,44,45). The molecule has 14 heteroatoms. The van der Waals surface area contributed by atoms with Crippen LogP contribution in [-0.2, 0) is 11.2 Å². The highest BCUT2D eigenvalue weighted by Gasteiger charge is 2.48. The second-order valence-electron chi connectivity index (χ2n) is 12.2. The molecule has 5 rings (SSSR count). The van der Waals surface area contributed by atoms with E-state index in [1.807, 2.05) is 41.3 Å². The second-order valence-corrected chi connectivity index (χ2v) is 13.1. The van der Waals surface area contributed by atoms with Gasteiger partial charge in [-0.1, -0.05) is 50.1 Å². The van der Waals surface area contributed by atoms with Gasteiger partial charge in [-0.2, -0.15) is 13.2 Å². The average Bonchev–Trinajstić information content (AvgIpc) is 3.52. The fourth-order valence-corrected chi connectivity index (χ4v) is 5.60. The molecule has 0 fully saturated rings. The third kappa shape index (κ3) is 8.53. The van der Waals surface area contributed by atoms with Crippen LogP contribution in [0.5, 0.6) is 5.88 Å². The summed E-state index contributed by atoms with van der Waals surface area (Å²) >= 11 is 1.26. The largest absolute Gasteiger partial charge is 0.481 e. The number of alkyl halides is 3. The summed E-state index contributed by atoms with van der Waals surface area (Å²) in [4.78, 5) is 28.1. The normalized spacial score (nSPS) is 15.2. The number of benzene rings is 1. The molecule has 4 bridgehead atoms. The number of pyridine rings is 1. The number of anilines is 2. The predicted molar refractivity (Wildman–Crippen MR) is 175 cm³/mol. The molecule has 1 aliphatic rings.